The van der Waals surface area contributed by atoms with Crippen LogP contribution in [0.2, 0.25) is 5.28 Å². The molecule has 84 valence electrons. The van der Waals surface area contributed by atoms with Crippen molar-refractivity contribution in [2.45, 2.75) is 26.3 Å². The quantitative estimate of drug-likeness (QED) is 0.819. The van der Waals surface area contributed by atoms with Crippen LogP contribution in [0.5, 0.6) is 0 Å². The van der Waals surface area contributed by atoms with Crippen LogP contribution < -0.4 is 0 Å². The Balaban J connectivity index is 2.17. The van der Waals surface area contributed by atoms with Gasteiger partial charge in [0.15, 0.2) is 0 Å². The van der Waals surface area contributed by atoms with Gasteiger partial charge in [-0.2, -0.15) is 0 Å². The Bertz CT molecular complexity index is 445. The van der Waals surface area contributed by atoms with Crippen molar-refractivity contribution in [3.63, 3.8) is 0 Å². The molecule has 2 rings (SSSR count). The van der Waals surface area contributed by atoms with E-state index in [0.29, 0.717) is 11.2 Å². The van der Waals surface area contributed by atoms with Crippen molar-refractivity contribution >= 4 is 11.6 Å². The Labute approximate surface area is 100 Å². The third-order valence-electron chi connectivity index (χ3n) is 2.72. The summed E-state index contributed by atoms with van der Waals surface area (Å²) in [4.78, 5) is 0. The lowest BCUT2D eigenvalue weighted by molar-refractivity contribution is 0.584. The third-order valence-corrected chi connectivity index (χ3v) is 3.00. The fourth-order valence-corrected chi connectivity index (χ4v) is 1.95. The molecule has 3 nitrogen and oxygen atoms in total. The fraction of sp³-hybridized carbons (Fsp3) is 0.333. The van der Waals surface area contributed by atoms with Crippen molar-refractivity contribution in [1.29, 1.82) is 0 Å². The summed E-state index contributed by atoms with van der Waals surface area (Å²) >= 11 is 5.97. The molecule has 1 aromatic carbocycles. The van der Waals surface area contributed by atoms with E-state index in [2.05, 4.69) is 29.3 Å². The highest BCUT2D eigenvalue weighted by Crippen LogP contribution is 2.19. The summed E-state index contributed by atoms with van der Waals surface area (Å²) in [6, 6.07) is 10.4. The molecule has 2 aromatic rings. The maximum atomic E-state index is 5.97. The minimum absolute atomic E-state index is 0.397. The summed E-state index contributed by atoms with van der Waals surface area (Å²) in [6.45, 7) is 4.89. The second-order valence-electron chi connectivity index (χ2n) is 3.94. The van der Waals surface area contributed by atoms with Gasteiger partial charge in [-0.25, -0.2) is 0 Å². The molecule has 0 fully saturated rings. The number of hydrogen-bond donors (Lipinski definition) is 0. The summed E-state index contributed by atoms with van der Waals surface area (Å²) in [5.74, 6) is 1.25. The number of halogens is 1. The van der Waals surface area contributed by atoms with Crippen molar-refractivity contribution < 1.29 is 0 Å². The Morgan fingerprint density at radius 2 is 1.94 bits per heavy atom. The van der Waals surface area contributed by atoms with E-state index in [1.165, 1.54) is 5.56 Å². The van der Waals surface area contributed by atoms with Gasteiger partial charge >= 0.3 is 0 Å². The maximum Gasteiger partial charge on any atom is 0.225 e. The number of nitrogens with zero attached hydrogens (tertiary/aromatic N) is 3. The smallest absolute Gasteiger partial charge is 0.225 e. The maximum absolute atomic E-state index is 5.97. The van der Waals surface area contributed by atoms with Gasteiger partial charge < -0.3 is 4.57 Å². The first-order chi connectivity index (χ1) is 7.68. The van der Waals surface area contributed by atoms with Crippen LogP contribution >= 0.6 is 11.6 Å². The average Bonchev–Trinajstić information content (AvgIpc) is 2.62. The molecule has 1 unspecified atom stereocenters. The van der Waals surface area contributed by atoms with Gasteiger partial charge in [-0.1, -0.05) is 37.3 Å². The van der Waals surface area contributed by atoms with E-state index >= 15 is 0 Å². The summed E-state index contributed by atoms with van der Waals surface area (Å²) in [7, 11) is 0. The predicted molar refractivity (Wildman–Crippen MR) is 64.6 cm³/mol. The molecule has 1 heterocycles. The molecule has 0 saturated carbocycles. The van der Waals surface area contributed by atoms with Crippen LogP contribution in [0.4, 0.5) is 0 Å². The summed E-state index contributed by atoms with van der Waals surface area (Å²) in [5, 5.41) is 8.24. The lowest BCUT2D eigenvalue weighted by atomic mass is 10.0. The van der Waals surface area contributed by atoms with E-state index in [4.69, 9.17) is 11.6 Å². The average molecular weight is 236 g/mol. The molecule has 0 radical (unpaired) electrons. The summed E-state index contributed by atoms with van der Waals surface area (Å²) < 4.78 is 1.93. The van der Waals surface area contributed by atoms with Crippen LogP contribution in [0.1, 0.15) is 24.2 Å². The van der Waals surface area contributed by atoms with Crippen LogP contribution in [0.15, 0.2) is 30.3 Å². The van der Waals surface area contributed by atoms with Gasteiger partial charge in [0.05, 0.1) is 0 Å². The molecule has 0 aliphatic rings. The first-order valence-electron chi connectivity index (χ1n) is 5.28. The van der Waals surface area contributed by atoms with E-state index in [9.17, 15) is 0 Å². The van der Waals surface area contributed by atoms with Gasteiger partial charge in [0.1, 0.15) is 5.82 Å². The van der Waals surface area contributed by atoms with Crippen molar-refractivity contribution in [3.8, 4) is 0 Å². The highest BCUT2D eigenvalue weighted by Gasteiger charge is 2.11. The zero-order valence-corrected chi connectivity index (χ0v) is 10.1. The van der Waals surface area contributed by atoms with E-state index in [1.807, 2.05) is 29.7 Å². The topological polar surface area (TPSA) is 30.7 Å². The molecule has 0 aliphatic carbocycles. The highest BCUT2D eigenvalue weighted by molar-refractivity contribution is 6.28. The van der Waals surface area contributed by atoms with Gasteiger partial charge in [0.2, 0.25) is 5.28 Å². The lowest BCUT2D eigenvalue weighted by Crippen LogP contribution is -2.08. The Morgan fingerprint density at radius 1 is 1.25 bits per heavy atom. The van der Waals surface area contributed by atoms with Gasteiger partial charge in [0.25, 0.3) is 0 Å². The Kier molecular flexibility index (Phi) is 3.25. The number of aromatic nitrogens is 3. The van der Waals surface area contributed by atoms with Crippen LogP contribution in [-0.4, -0.2) is 14.8 Å². The van der Waals surface area contributed by atoms with E-state index in [1.54, 1.807) is 0 Å². The molecule has 1 aromatic heterocycles. The molecular weight excluding hydrogens is 222 g/mol. The molecule has 0 N–H and O–H groups in total. The molecular formula is C12H14ClN3. The van der Waals surface area contributed by atoms with Crippen molar-refractivity contribution in [3.05, 3.63) is 47.0 Å². The van der Waals surface area contributed by atoms with E-state index in [0.717, 1.165) is 12.4 Å². The SMILES string of the molecule is Cc1nnc(Cl)n1CC(C)c1ccccc1. The monoisotopic (exact) mass is 235 g/mol. The molecule has 1 atom stereocenters. The van der Waals surface area contributed by atoms with Gasteiger partial charge in [-0.15, -0.1) is 10.2 Å². The molecule has 16 heavy (non-hydrogen) atoms. The van der Waals surface area contributed by atoms with Gasteiger partial charge in [-0.05, 0) is 30.0 Å². The Hall–Kier alpha value is -1.35. The first-order valence-corrected chi connectivity index (χ1v) is 5.66. The molecule has 0 aliphatic heterocycles. The fourth-order valence-electron chi connectivity index (χ4n) is 1.72. The van der Waals surface area contributed by atoms with E-state index < -0.39 is 0 Å². The molecule has 0 spiro atoms. The largest absolute Gasteiger partial charge is 0.301 e. The van der Waals surface area contributed by atoms with Crippen LogP contribution in [0, 0.1) is 6.92 Å². The molecule has 4 heteroatoms. The zero-order chi connectivity index (χ0) is 11.5. The van der Waals surface area contributed by atoms with Gasteiger partial charge in [0, 0.05) is 6.54 Å². The molecule has 0 bridgehead atoms. The molecule has 0 amide bonds. The van der Waals surface area contributed by atoms with Gasteiger partial charge in [-0.3, -0.25) is 0 Å². The van der Waals surface area contributed by atoms with Crippen LogP contribution in [-0.2, 0) is 6.54 Å². The van der Waals surface area contributed by atoms with Crippen molar-refractivity contribution in [1.82, 2.24) is 14.8 Å². The molecule has 0 saturated heterocycles. The predicted octanol–water partition coefficient (Wildman–Crippen LogP) is 3.04. The minimum Gasteiger partial charge on any atom is -0.301 e. The normalized spacial score (nSPS) is 12.7. The minimum atomic E-state index is 0.397. The second-order valence-corrected chi connectivity index (χ2v) is 4.28. The zero-order valence-electron chi connectivity index (χ0n) is 9.39. The number of benzene rings is 1. The standard InChI is InChI=1S/C12H14ClN3/c1-9(11-6-4-3-5-7-11)8-16-10(2)14-15-12(16)13/h3-7,9H,8H2,1-2H3. The summed E-state index contributed by atoms with van der Waals surface area (Å²) in [6.07, 6.45) is 0. The van der Waals surface area contributed by atoms with E-state index in [-0.39, 0.29) is 0 Å². The lowest BCUT2D eigenvalue weighted by Gasteiger charge is -2.13. The number of hydrogen-bond acceptors (Lipinski definition) is 2. The Morgan fingerprint density at radius 3 is 2.50 bits per heavy atom. The number of rotatable bonds is 3. The first kappa shape index (κ1) is 11.1. The van der Waals surface area contributed by atoms with Crippen LogP contribution in [0.25, 0.3) is 0 Å². The number of aryl methyl sites for hydroxylation is 1. The van der Waals surface area contributed by atoms with Crippen molar-refractivity contribution in [2.24, 2.45) is 0 Å². The highest BCUT2D eigenvalue weighted by atomic mass is 35.5. The summed E-state index contributed by atoms with van der Waals surface area (Å²) in [5.41, 5.74) is 1.30. The van der Waals surface area contributed by atoms with Crippen molar-refractivity contribution in [2.75, 3.05) is 0 Å². The van der Waals surface area contributed by atoms with Crippen LogP contribution in [0.3, 0.4) is 0 Å². The third kappa shape index (κ3) is 2.25. The second kappa shape index (κ2) is 4.66.